The topological polar surface area (TPSA) is 55.1 Å². The lowest BCUT2D eigenvalue weighted by atomic mass is 9.87. The molecule has 1 rings (SSSR count). The van der Waals surface area contributed by atoms with Gasteiger partial charge in [-0.25, -0.2) is 0 Å². The summed E-state index contributed by atoms with van der Waals surface area (Å²) in [4.78, 5) is 11.7. The Bertz CT molecular complexity index is 238. The lowest BCUT2D eigenvalue weighted by Gasteiger charge is -2.26. The summed E-state index contributed by atoms with van der Waals surface area (Å²) < 4.78 is 0. The van der Waals surface area contributed by atoms with Crippen LogP contribution >= 0.6 is 0 Å². The van der Waals surface area contributed by atoms with Crippen molar-refractivity contribution in [1.29, 1.82) is 0 Å². The number of carbonyl (C=O) groups excluding carboxylic acids is 1. The Balaban J connectivity index is 2.36. The zero-order chi connectivity index (χ0) is 11.7. The summed E-state index contributed by atoms with van der Waals surface area (Å²) >= 11 is 0. The van der Waals surface area contributed by atoms with E-state index in [1.54, 1.807) is 0 Å². The van der Waals surface area contributed by atoms with E-state index in [9.17, 15) is 4.79 Å². The first-order valence-corrected chi connectivity index (χ1v) is 5.84. The van der Waals surface area contributed by atoms with Gasteiger partial charge in [0.05, 0.1) is 6.04 Å². The summed E-state index contributed by atoms with van der Waals surface area (Å²) in [5, 5.41) is 2.98. The third-order valence-electron chi connectivity index (χ3n) is 3.56. The number of nitrogens with one attached hydrogen (secondary N) is 1. The van der Waals surface area contributed by atoms with E-state index in [1.165, 1.54) is 12.8 Å². The van der Waals surface area contributed by atoms with E-state index in [0.717, 1.165) is 13.0 Å². The molecule has 0 aliphatic heterocycles. The van der Waals surface area contributed by atoms with Gasteiger partial charge in [0.15, 0.2) is 0 Å². The van der Waals surface area contributed by atoms with Crippen LogP contribution in [-0.4, -0.2) is 18.5 Å². The molecule has 1 fully saturated rings. The second-order valence-electron chi connectivity index (χ2n) is 5.92. The van der Waals surface area contributed by atoms with E-state index < -0.39 is 6.04 Å². The van der Waals surface area contributed by atoms with Crippen molar-refractivity contribution < 1.29 is 4.79 Å². The van der Waals surface area contributed by atoms with Crippen LogP contribution in [0.3, 0.4) is 0 Å². The molecule has 3 heteroatoms. The summed E-state index contributed by atoms with van der Waals surface area (Å²) in [6, 6.07) is -0.412. The Hall–Kier alpha value is -0.570. The number of hydrogen-bond donors (Lipinski definition) is 2. The Morgan fingerprint density at radius 1 is 1.47 bits per heavy atom. The molecule has 88 valence electrons. The van der Waals surface area contributed by atoms with Gasteiger partial charge >= 0.3 is 0 Å². The molecule has 0 heterocycles. The van der Waals surface area contributed by atoms with E-state index in [-0.39, 0.29) is 11.3 Å². The summed E-state index contributed by atoms with van der Waals surface area (Å²) in [7, 11) is 0. The Labute approximate surface area is 92.8 Å². The predicted molar refractivity (Wildman–Crippen MR) is 62.4 cm³/mol. The van der Waals surface area contributed by atoms with E-state index in [2.05, 4.69) is 12.2 Å². The third kappa shape index (κ3) is 3.20. The second kappa shape index (κ2) is 4.12. The van der Waals surface area contributed by atoms with Crippen LogP contribution in [0.1, 0.15) is 47.0 Å². The summed E-state index contributed by atoms with van der Waals surface area (Å²) in [5.74, 6) is -0.0118. The summed E-state index contributed by atoms with van der Waals surface area (Å²) in [5.41, 5.74) is 6.11. The fraction of sp³-hybridized carbons (Fsp3) is 0.917. The highest BCUT2D eigenvalue weighted by Crippen LogP contribution is 2.47. The van der Waals surface area contributed by atoms with E-state index in [4.69, 9.17) is 5.73 Å². The first-order chi connectivity index (χ1) is 6.81. The third-order valence-corrected chi connectivity index (χ3v) is 3.56. The largest absolute Gasteiger partial charge is 0.354 e. The highest BCUT2D eigenvalue weighted by molar-refractivity contribution is 5.82. The van der Waals surface area contributed by atoms with E-state index in [0.29, 0.717) is 5.41 Å². The van der Waals surface area contributed by atoms with Gasteiger partial charge in [-0.3, -0.25) is 4.79 Å². The van der Waals surface area contributed by atoms with Gasteiger partial charge in [-0.1, -0.05) is 27.7 Å². The molecule has 0 saturated heterocycles. The van der Waals surface area contributed by atoms with Crippen LogP contribution in [0.25, 0.3) is 0 Å². The molecule has 1 aliphatic carbocycles. The molecule has 0 aromatic rings. The maximum atomic E-state index is 11.7. The number of carbonyl (C=O) groups is 1. The first kappa shape index (κ1) is 12.5. The minimum absolute atomic E-state index is 0.0118. The van der Waals surface area contributed by atoms with Crippen molar-refractivity contribution in [3.63, 3.8) is 0 Å². The summed E-state index contributed by atoms with van der Waals surface area (Å²) in [6.07, 6.45) is 3.64. The maximum Gasteiger partial charge on any atom is 0.237 e. The highest BCUT2D eigenvalue weighted by atomic mass is 16.2. The SMILES string of the molecule is CCC1(CNC(=O)[C@H](N)C(C)(C)C)CC1. The molecule has 0 spiro atoms. The molecule has 1 saturated carbocycles. The zero-order valence-corrected chi connectivity index (χ0v) is 10.4. The molecular formula is C12H24N2O. The lowest BCUT2D eigenvalue weighted by molar-refractivity contribution is -0.124. The van der Waals surface area contributed by atoms with Gasteiger partial charge in [-0.05, 0) is 30.1 Å². The average Bonchev–Trinajstić information content (AvgIpc) is 2.92. The molecule has 0 bridgehead atoms. The van der Waals surface area contributed by atoms with E-state index >= 15 is 0 Å². The van der Waals surface area contributed by atoms with E-state index in [1.807, 2.05) is 20.8 Å². The van der Waals surface area contributed by atoms with Crippen LogP contribution in [0, 0.1) is 10.8 Å². The summed E-state index contributed by atoms with van der Waals surface area (Å²) in [6.45, 7) is 8.95. The first-order valence-electron chi connectivity index (χ1n) is 5.84. The van der Waals surface area contributed by atoms with Crippen molar-refractivity contribution in [2.45, 2.75) is 53.0 Å². The van der Waals surface area contributed by atoms with Crippen LogP contribution < -0.4 is 11.1 Å². The normalized spacial score (nSPS) is 20.9. The molecule has 1 atom stereocenters. The van der Waals surface area contributed by atoms with Gasteiger partial charge in [-0.2, -0.15) is 0 Å². The highest BCUT2D eigenvalue weighted by Gasteiger charge is 2.41. The molecule has 0 aromatic heterocycles. The maximum absolute atomic E-state index is 11.7. The van der Waals surface area contributed by atoms with Gasteiger partial charge in [0.1, 0.15) is 0 Å². The fourth-order valence-electron chi connectivity index (χ4n) is 1.61. The minimum atomic E-state index is -0.412. The quantitative estimate of drug-likeness (QED) is 0.744. The molecule has 1 aliphatic rings. The van der Waals surface area contributed by atoms with Crippen molar-refractivity contribution in [2.75, 3.05) is 6.54 Å². The van der Waals surface area contributed by atoms with Crippen molar-refractivity contribution in [3.8, 4) is 0 Å². The van der Waals surface area contributed by atoms with Crippen molar-refractivity contribution in [1.82, 2.24) is 5.32 Å². The van der Waals surface area contributed by atoms with Crippen LogP contribution in [0.15, 0.2) is 0 Å². The zero-order valence-electron chi connectivity index (χ0n) is 10.4. The Morgan fingerprint density at radius 2 is 2.00 bits per heavy atom. The second-order valence-corrected chi connectivity index (χ2v) is 5.92. The van der Waals surface area contributed by atoms with Crippen LogP contribution in [0.4, 0.5) is 0 Å². The number of hydrogen-bond acceptors (Lipinski definition) is 2. The average molecular weight is 212 g/mol. The molecule has 3 nitrogen and oxygen atoms in total. The van der Waals surface area contributed by atoms with Gasteiger partial charge < -0.3 is 11.1 Å². The van der Waals surface area contributed by atoms with Gasteiger partial charge in [0, 0.05) is 6.54 Å². The molecule has 0 unspecified atom stereocenters. The van der Waals surface area contributed by atoms with Gasteiger partial charge in [-0.15, -0.1) is 0 Å². The molecule has 0 aromatic carbocycles. The van der Waals surface area contributed by atoms with Crippen LogP contribution in [0.5, 0.6) is 0 Å². The van der Waals surface area contributed by atoms with Crippen LogP contribution in [0.2, 0.25) is 0 Å². The van der Waals surface area contributed by atoms with Gasteiger partial charge in [0.2, 0.25) is 5.91 Å². The smallest absolute Gasteiger partial charge is 0.237 e. The number of nitrogens with two attached hydrogens (primary N) is 1. The van der Waals surface area contributed by atoms with Crippen molar-refractivity contribution in [3.05, 3.63) is 0 Å². The molecule has 15 heavy (non-hydrogen) atoms. The molecular weight excluding hydrogens is 188 g/mol. The molecule has 1 amide bonds. The minimum Gasteiger partial charge on any atom is -0.354 e. The van der Waals surface area contributed by atoms with Crippen molar-refractivity contribution >= 4 is 5.91 Å². The fourth-order valence-corrected chi connectivity index (χ4v) is 1.61. The Kier molecular flexibility index (Phi) is 3.44. The number of rotatable bonds is 4. The van der Waals surface area contributed by atoms with Gasteiger partial charge in [0.25, 0.3) is 0 Å². The monoisotopic (exact) mass is 212 g/mol. The standard InChI is InChI=1S/C12H24N2O/c1-5-12(6-7-12)8-14-10(15)9(13)11(2,3)4/h9H,5-8,13H2,1-4H3,(H,14,15)/t9-/m0/s1. The lowest BCUT2D eigenvalue weighted by Crippen LogP contribution is -2.49. The number of amides is 1. The molecule has 0 radical (unpaired) electrons. The Morgan fingerprint density at radius 3 is 2.33 bits per heavy atom. The van der Waals surface area contributed by atoms with Crippen molar-refractivity contribution in [2.24, 2.45) is 16.6 Å². The molecule has 3 N–H and O–H groups in total. The van der Waals surface area contributed by atoms with Crippen LogP contribution in [-0.2, 0) is 4.79 Å². The predicted octanol–water partition coefficient (Wildman–Crippen LogP) is 1.67.